The molecule has 2 N–H and O–H groups in total. The minimum absolute atomic E-state index is 0.268. The first-order chi connectivity index (χ1) is 16.1. The van der Waals surface area contributed by atoms with Gasteiger partial charge in [-0.3, -0.25) is 18.9 Å². The molecule has 2 amide bonds. The van der Waals surface area contributed by atoms with Crippen LogP contribution in [0.4, 0.5) is 11.4 Å². The molecule has 1 aromatic heterocycles. The number of nitrogens with one attached hydrogen (secondary N) is 2. The number of amides is 2. The quantitative estimate of drug-likeness (QED) is 0.514. The Morgan fingerprint density at radius 1 is 1.03 bits per heavy atom. The summed E-state index contributed by atoms with van der Waals surface area (Å²) in [4.78, 5) is 29.9. The highest BCUT2D eigenvalue weighted by Gasteiger charge is 2.30. The molecule has 8 nitrogen and oxygen atoms in total. The van der Waals surface area contributed by atoms with Gasteiger partial charge in [-0.05, 0) is 67.8 Å². The topological polar surface area (TPSA) is 108 Å². The molecule has 0 aliphatic carbocycles. The number of anilines is 2. The summed E-state index contributed by atoms with van der Waals surface area (Å²) in [7, 11) is -3.76. The van der Waals surface area contributed by atoms with Crippen LogP contribution in [0.1, 0.15) is 34.0 Å². The van der Waals surface area contributed by atoms with Crippen molar-refractivity contribution in [2.24, 2.45) is 0 Å². The Balaban J connectivity index is 1.81. The first kappa shape index (κ1) is 24.9. The highest BCUT2D eigenvalue weighted by molar-refractivity contribution is 7.92. The van der Waals surface area contributed by atoms with Crippen molar-refractivity contribution < 1.29 is 18.0 Å². The molecule has 0 fully saturated rings. The average molecular weight is 481 g/mol. The molecule has 1 heterocycles. The van der Waals surface area contributed by atoms with Crippen LogP contribution in [0.15, 0.2) is 67.0 Å². The van der Waals surface area contributed by atoms with Crippen molar-refractivity contribution in [2.45, 2.75) is 33.4 Å². The van der Waals surface area contributed by atoms with Crippen LogP contribution < -0.4 is 14.9 Å². The number of rotatable bonds is 8. The van der Waals surface area contributed by atoms with E-state index in [0.29, 0.717) is 5.69 Å². The summed E-state index contributed by atoms with van der Waals surface area (Å²) in [5.41, 5.74) is 3.72. The third kappa shape index (κ3) is 5.99. The van der Waals surface area contributed by atoms with E-state index in [1.807, 2.05) is 26.0 Å². The van der Waals surface area contributed by atoms with Gasteiger partial charge < -0.3 is 10.6 Å². The molecule has 1 atom stereocenters. The number of hydrogen-bond donors (Lipinski definition) is 2. The summed E-state index contributed by atoms with van der Waals surface area (Å²) in [6.45, 7) is 5.59. The van der Waals surface area contributed by atoms with Crippen molar-refractivity contribution in [3.63, 3.8) is 0 Å². The fourth-order valence-electron chi connectivity index (χ4n) is 3.48. The Morgan fingerprint density at radius 2 is 1.76 bits per heavy atom. The van der Waals surface area contributed by atoms with Crippen LogP contribution in [-0.4, -0.2) is 37.5 Å². The zero-order chi connectivity index (χ0) is 24.9. The Bertz CT molecular complexity index is 1290. The molecule has 0 saturated heterocycles. The number of carbonyl (C=O) groups is 2. The number of aromatic nitrogens is 1. The van der Waals surface area contributed by atoms with Crippen LogP contribution in [0.3, 0.4) is 0 Å². The van der Waals surface area contributed by atoms with Gasteiger partial charge in [0.1, 0.15) is 6.04 Å². The van der Waals surface area contributed by atoms with Gasteiger partial charge in [-0.25, -0.2) is 8.42 Å². The molecular weight excluding hydrogens is 452 g/mol. The van der Waals surface area contributed by atoms with Gasteiger partial charge in [-0.15, -0.1) is 0 Å². The van der Waals surface area contributed by atoms with E-state index in [9.17, 15) is 18.0 Å². The summed E-state index contributed by atoms with van der Waals surface area (Å²) in [5, 5.41) is 5.53. The summed E-state index contributed by atoms with van der Waals surface area (Å²) in [5.74, 6) is -0.933. The molecule has 2 aromatic carbocycles. The Morgan fingerprint density at radius 3 is 2.41 bits per heavy atom. The first-order valence-corrected chi connectivity index (χ1v) is 12.6. The van der Waals surface area contributed by atoms with Crippen LogP contribution in [0.25, 0.3) is 0 Å². The van der Waals surface area contributed by atoms with Crippen molar-refractivity contribution in [2.75, 3.05) is 15.9 Å². The van der Waals surface area contributed by atoms with E-state index in [1.54, 1.807) is 54.9 Å². The van der Waals surface area contributed by atoms with Crippen LogP contribution >= 0.6 is 0 Å². The lowest BCUT2D eigenvalue weighted by molar-refractivity contribution is -0.116. The monoisotopic (exact) mass is 480 g/mol. The van der Waals surface area contributed by atoms with Crippen molar-refractivity contribution in [3.8, 4) is 0 Å². The summed E-state index contributed by atoms with van der Waals surface area (Å²) in [6.07, 6.45) is 4.36. The van der Waals surface area contributed by atoms with Crippen molar-refractivity contribution in [1.82, 2.24) is 10.3 Å². The molecule has 0 radical (unpaired) electrons. The zero-order valence-corrected chi connectivity index (χ0v) is 20.4. The van der Waals surface area contributed by atoms with Gasteiger partial charge in [0.15, 0.2) is 0 Å². The van der Waals surface area contributed by atoms with E-state index in [2.05, 4.69) is 15.6 Å². The minimum Gasteiger partial charge on any atom is -0.348 e. The van der Waals surface area contributed by atoms with Crippen LogP contribution in [0.5, 0.6) is 0 Å². The van der Waals surface area contributed by atoms with Crippen molar-refractivity contribution in [1.29, 1.82) is 0 Å². The van der Waals surface area contributed by atoms with Crippen molar-refractivity contribution >= 4 is 33.2 Å². The molecule has 3 rings (SSSR count). The molecular formula is C25H28N4O4S. The molecule has 178 valence electrons. The molecule has 9 heteroatoms. The Kier molecular flexibility index (Phi) is 7.68. The van der Waals surface area contributed by atoms with E-state index in [4.69, 9.17) is 0 Å². The summed E-state index contributed by atoms with van der Waals surface area (Å²) in [6, 6.07) is 14.4. The predicted molar refractivity (Wildman–Crippen MR) is 133 cm³/mol. The maximum atomic E-state index is 13.1. The van der Waals surface area contributed by atoms with E-state index >= 15 is 0 Å². The Hall–Kier alpha value is -3.72. The van der Waals surface area contributed by atoms with Crippen molar-refractivity contribution in [3.05, 3.63) is 89.2 Å². The fourth-order valence-corrected chi connectivity index (χ4v) is 4.65. The molecule has 0 aliphatic rings. The van der Waals surface area contributed by atoms with Crippen LogP contribution in [0.2, 0.25) is 0 Å². The molecule has 0 spiro atoms. The molecule has 0 saturated carbocycles. The minimum atomic E-state index is -3.76. The van der Waals surface area contributed by atoms with E-state index in [-0.39, 0.29) is 23.7 Å². The summed E-state index contributed by atoms with van der Waals surface area (Å²) >= 11 is 0. The number of sulfonamides is 1. The molecule has 34 heavy (non-hydrogen) atoms. The SMILES string of the molecule is Cc1ccc(N([C@H](C)C(=O)Nc2ccccc2C(=O)NCc2cccnc2)S(C)(=O)=O)cc1C. The number of hydrogen-bond acceptors (Lipinski definition) is 5. The average Bonchev–Trinajstić information content (AvgIpc) is 2.80. The van der Waals surface area contributed by atoms with Gasteiger partial charge in [-0.2, -0.15) is 0 Å². The number of carbonyl (C=O) groups excluding carboxylic acids is 2. The largest absolute Gasteiger partial charge is 0.348 e. The second kappa shape index (κ2) is 10.5. The lowest BCUT2D eigenvalue weighted by atomic mass is 10.1. The summed E-state index contributed by atoms with van der Waals surface area (Å²) < 4.78 is 26.3. The van der Waals surface area contributed by atoms with E-state index in [0.717, 1.165) is 27.3 Å². The van der Waals surface area contributed by atoms with Gasteiger partial charge in [0.25, 0.3) is 5.91 Å². The smallest absolute Gasteiger partial charge is 0.253 e. The highest BCUT2D eigenvalue weighted by Crippen LogP contribution is 2.25. The highest BCUT2D eigenvalue weighted by atomic mass is 32.2. The second-order valence-electron chi connectivity index (χ2n) is 8.08. The molecule has 0 unspecified atom stereocenters. The predicted octanol–water partition coefficient (Wildman–Crippen LogP) is 3.42. The molecule has 0 aliphatic heterocycles. The number of para-hydroxylation sites is 1. The van der Waals surface area contributed by atoms with Crippen LogP contribution in [0, 0.1) is 13.8 Å². The lowest BCUT2D eigenvalue weighted by Crippen LogP contribution is -2.45. The number of aryl methyl sites for hydroxylation is 2. The second-order valence-corrected chi connectivity index (χ2v) is 9.94. The maximum absolute atomic E-state index is 13.1. The molecule has 3 aromatic rings. The number of nitrogens with zero attached hydrogens (tertiary/aromatic N) is 2. The lowest BCUT2D eigenvalue weighted by Gasteiger charge is -2.29. The molecule has 0 bridgehead atoms. The fraction of sp³-hybridized carbons (Fsp3) is 0.240. The number of pyridine rings is 1. The van der Waals surface area contributed by atoms with Crippen LogP contribution in [-0.2, 0) is 21.4 Å². The van der Waals surface area contributed by atoms with E-state index < -0.39 is 22.0 Å². The zero-order valence-electron chi connectivity index (χ0n) is 19.6. The first-order valence-electron chi connectivity index (χ1n) is 10.7. The van der Waals surface area contributed by atoms with Gasteiger partial charge in [-0.1, -0.05) is 24.3 Å². The van der Waals surface area contributed by atoms with Gasteiger partial charge >= 0.3 is 0 Å². The van der Waals surface area contributed by atoms with E-state index in [1.165, 1.54) is 6.92 Å². The number of benzene rings is 2. The third-order valence-corrected chi connectivity index (χ3v) is 6.68. The van der Waals surface area contributed by atoms with Gasteiger partial charge in [0, 0.05) is 18.9 Å². The third-order valence-electron chi connectivity index (χ3n) is 5.44. The van der Waals surface area contributed by atoms with Gasteiger partial charge in [0.05, 0.1) is 23.2 Å². The van der Waals surface area contributed by atoms with Gasteiger partial charge in [0.2, 0.25) is 15.9 Å². The standard InChI is InChI=1S/C25H28N4O4S/c1-17-11-12-21(14-18(17)2)29(34(4,32)33)19(3)24(30)28-23-10-6-5-9-22(23)25(31)27-16-20-8-7-13-26-15-20/h5-15,19H,16H2,1-4H3,(H,27,31)(H,28,30)/t19-/m1/s1. The normalized spacial score (nSPS) is 12.0. The maximum Gasteiger partial charge on any atom is 0.253 e. The Labute approximate surface area is 200 Å².